The van der Waals surface area contributed by atoms with Crippen molar-refractivity contribution < 1.29 is 80.2 Å². The first kappa shape index (κ1) is 90.1. The second-order valence-electron chi connectivity index (χ2n) is 27.8. The Bertz CT molecular complexity index is 1820. The maximum atomic E-state index is 13.1. The fourth-order valence-electron chi connectivity index (χ4n) is 11.0. The Hall–Kier alpha value is -1.94. The lowest BCUT2D eigenvalue weighted by Crippen LogP contribution is -2.30. The number of ether oxygens (including phenoxy) is 4. The second kappa shape index (κ2) is 62.6. The van der Waals surface area contributed by atoms with E-state index >= 15 is 0 Å². The molecule has 0 radical (unpaired) electrons. The zero-order chi connectivity index (χ0) is 68.2. The van der Waals surface area contributed by atoms with Crippen molar-refractivity contribution >= 4 is 39.5 Å². The van der Waals surface area contributed by atoms with Crippen LogP contribution < -0.4 is 0 Å². The molecule has 0 spiro atoms. The lowest BCUT2D eigenvalue weighted by atomic mass is 9.99. The van der Waals surface area contributed by atoms with E-state index in [4.69, 9.17) is 37.0 Å². The summed E-state index contributed by atoms with van der Waals surface area (Å²) in [6, 6.07) is 0. The van der Waals surface area contributed by atoms with Crippen molar-refractivity contribution in [3.63, 3.8) is 0 Å². The molecule has 92 heavy (non-hydrogen) atoms. The minimum Gasteiger partial charge on any atom is -0.462 e. The van der Waals surface area contributed by atoms with Crippen molar-refractivity contribution in [1.82, 2.24) is 0 Å². The van der Waals surface area contributed by atoms with Crippen molar-refractivity contribution in [2.75, 3.05) is 39.6 Å². The van der Waals surface area contributed by atoms with Gasteiger partial charge in [-0.15, -0.1) is 0 Å². The summed E-state index contributed by atoms with van der Waals surface area (Å²) in [5.41, 5.74) is 0. The smallest absolute Gasteiger partial charge is 0.462 e. The first-order valence-electron chi connectivity index (χ1n) is 37.8. The number of aliphatic hydroxyl groups excluding tert-OH is 1. The molecule has 0 bridgehead atoms. The summed E-state index contributed by atoms with van der Waals surface area (Å²) >= 11 is 0. The average Bonchev–Trinajstić information content (AvgIpc) is 2.74. The van der Waals surface area contributed by atoms with Gasteiger partial charge >= 0.3 is 39.5 Å². The topological polar surface area (TPSA) is 237 Å². The van der Waals surface area contributed by atoms with Crippen molar-refractivity contribution in [2.45, 2.75) is 382 Å². The van der Waals surface area contributed by atoms with E-state index in [0.717, 1.165) is 120 Å². The fourth-order valence-corrected chi connectivity index (χ4v) is 12.5. The van der Waals surface area contributed by atoms with Crippen LogP contribution in [-0.4, -0.2) is 96.7 Å². The number of hydrogen-bond acceptors (Lipinski definition) is 15. The number of phosphoric ester groups is 2. The highest BCUT2D eigenvalue weighted by Gasteiger charge is 2.30. The third-order valence-electron chi connectivity index (χ3n) is 17.5. The number of esters is 4. The van der Waals surface area contributed by atoms with Crippen LogP contribution in [0, 0.1) is 23.7 Å². The van der Waals surface area contributed by atoms with Gasteiger partial charge in [-0.2, -0.15) is 0 Å². The molecule has 0 saturated heterocycles. The number of rotatable bonds is 70. The summed E-state index contributed by atoms with van der Waals surface area (Å²) in [5.74, 6) is 0.927. The highest BCUT2D eigenvalue weighted by atomic mass is 31.2. The van der Waals surface area contributed by atoms with E-state index in [0.29, 0.717) is 25.7 Å². The average molecular weight is 1350 g/mol. The SMILES string of the molecule is CCC(C)CCCCCCCCCCCCC(=O)OC[C@H](COP(=O)(O)OC[C@@H](O)COP(=O)(O)OC[C@@H](COC(=O)CCCCCCCCC(C)CC)OC(=O)CCCCCCCCCCC(C)C)OC(=O)CCCCCCCCCCCCCCCCC(C)C. The number of hydrogen-bond donors (Lipinski definition) is 3. The van der Waals surface area contributed by atoms with Crippen LogP contribution in [0.2, 0.25) is 0 Å². The highest BCUT2D eigenvalue weighted by molar-refractivity contribution is 7.47. The molecule has 0 aromatic heterocycles. The third-order valence-corrected chi connectivity index (χ3v) is 19.4. The molecule has 19 heteroatoms. The van der Waals surface area contributed by atoms with Crippen LogP contribution in [0.1, 0.15) is 364 Å². The van der Waals surface area contributed by atoms with E-state index in [1.807, 2.05) is 0 Å². The predicted molar refractivity (Wildman–Crippen MR) is 372 cm³/mol. The summed E-state index contributed by atoms with van der Waals surface area (Å²) in [4.78, 5) is 72.7. The van der Waals surface area contributed by atoms with Crippen LogP contribution in [0.4, 0.5) is 0 Å². The molecule has 546 valence electrons. The van der Waals surface area contributed by atoms with Crippen LogP contribution in [-0.2, 0) is 65.4 Å². The van der Waals surface area contributed by atoms with E-state index in [-0.39, 0.29) is 25.7 Å². The van der Waals surface area contributed by atoms with Crippen molar-refractivity contribution in [3.8, 4) is 0 Å². The second-order valence-corrected chi connectivity index (χ2v) is 30.7. The summed E-state index contributed by atoms with van der Waals surface area (Å²) in [6.07, 6.45) is 45.8. The number of phosphoric acid groups is 2. The molecule has 0 aliphatic rings. The van der Waals surface area contributed by atoms with Gasteiger partial charge in [-0.05, 0) is 49.4 Å². The van der Waals surface area contributed by atoms with Crippen LogP contribution in [0.3, 0.4) is 0 Å². The maximum absolute atomic E-state index is 13.1. The lowest BCUT2D eigenvalue weighted by Gasteiger charge is -2.21. The van der Waals surface area contributed by atoms with E-state index in [2.05, 4.69) is 55.4 Å². The van der Waals surface area contributed by atoms with E-state index in [1.54, 1.807) is 0 Å². The largest absolute Gasteiger partial charge is 0.472 e. The minimum atomic E-state index is -4.96. The Morgan fingerprint density at radius 2 is 0.522 bits per heavy atom. The van der Waals surface area contributed by atoms with Crippen LogP contribution in [0.25, 0.3) is 0 Å². The predicted octanol–water partition coefficient (Wildman–Crippen LogP) is 20.9. The van der Waals surface area contributed by atoms with Crippen LogP contribution in [0.5, 0.6) is 0 Å². The van der Waals surface area contributed by atoms with Crippen LogP contribution >= 0.6 is 15.6 Å². The van der Waals surface area contributed by atoms with Gasteiger partial charge in [0.15, 0.2) is 12.2 Å². The van der Waals surface area contributed by atoms with Crippen molar-refractivity contribution in [2.24, 2.45) is 23.7 Å². The van der Waals surface area contributed by atoms with E-state index in [9.17, 15) is 43.2 Å². The Morgan fingerprint density at radius 1 is 0.304 bits per heavy atom. The minimum absolute atomic E-state index is 0.103. The normalized spacial score (nSPS) is 14.8. The summed E-state index contributed by atoms with van der Waals surface area (Å²) in [7, 11) is -9.91. The van der Waals surface area contributed by atoms with Crippen molar-refractivity contribution in [1.29, 1.82) is 0 Å². The van der Waals surface area contributed by atoms with Gasteiger partial charge in [-0.1, -0.05) is 312 Å². The van der Waals surface area contributed by atoms with Gasteiger partial charge in [0, 0.05) is 25.7 Å². The molecule has 0 aromatic rings. The molecule has 0 saturated carbocycles. The molecule has 0 amide bonds. The molecular formula is C73H142O17P2. The maximum Gasteiger partial charge on any atom is 0.472 e. The fraction of sp³-hybridized carbons (Fsp3) is 0.945. The van der Waals surface area contributed by atoms with Gasteiger partial charge in [0.2, 0.25) is 0 Å². The Balaban J connectivity index is 5.26. The molecule has 0 rings (SSSR count). The van der Waals surface area contributed by atoms with Gasteiger partial charge in [-0.25, -0.2) is 9.13 Å². The molecular weight excluding hydrogens is 1210 g/mol. The van der Waals surface area contributed by atoms with Gasteiger partial charge < -0.3 is 33.8 Å². The highest BCUT2D eigenvalue weighted by Crippen LogP contribution is 2.45. The molecule has 0 aromatic carbocycles. The standard InChI is InChI=1S/C73H142O17P2/c1-9-65(7)51-43-35-27-20-17-18-21-28-37-45-53-70(75)83-59-68(89-72(77)55-47-39-29-22-16-14-12-11-13-15-19-25-33-41-49-63(3)4)61-87-91(79,80)85-57-67(74)58-86-92(81,82)88-62-69(60-84-71(76)54-46-38-32-31-36-44-52-66(8)10-2)90-73(78)56-48-40-30-24-23-26-34-42-50-64(5)6/h63-69,74H,9-62H2,1-8H3,(H,79,80)(H,81,82)/t65?,66?,67-,68-,69-/m1/s1. The quantitative estimate of drug-likeness (QED) is 0.0222. The third kappa shape index (κ3) is 64.1. The van der Waals surface area contributed by atoms with Gasteiger partial charge in [-0.3, -0.25) is 37.3 Å². The molecule has 4 unspecified atom stereocenters. The molecule has 3 N–H and O–H groups in total. The van der Waals surface area contributed by atoms with E-state index < -0.39 is 97.5 Å². The molecule has 0 fully saturated rings. The van der Waals surface area contributed by atoms with Crippen molar-refractivity contribution in [3.05, 3.63) is 0 Å². The molecule has 0 aliphatic carbocycles. The summed E-state index contributed by atoms with van der Waals surface area (Å²) in [6.45, 7) is 14.1. The number of aliphatic hydroxyl groups is 1. The Labute approximate surface area is 562 Å². The number of carbonyl (C=O) groups is 4. The number of unbranched alkanes of at least 4 members (excludes halogenated alkanes) is 34. The van der Waals surface area contributed by atoms with Gasteiger partial charge in [0.1, 0.15) is 19.3 Å². The van der Waals surface area contributed by atoms with Gasteiger partial charge in [0.25, 0.3) is 0 Å². The summed E-state index contributed by atoms with van der Waals surface area (Å²) < 4.78 is 68.4. The molecule has 7 atom stereocenters. The molecule has 0 aliphatic heterocycles. The zero-order valence-electron chi connectivity index (χ0n) is 60.2. The molecule has 0 heterocycles. The van der Waals surface area contributed by atoms with Crippen LogP contribution in [0.15, 0.2) is 0 Å². The Kier molecular flexibility index (Phi) is 61.3. The molecule has 17 nitrogen and oxygen atoms in total. The first-order chi connectivity index (χ1) is 44.2. The first-order valence-corrected chi connectivity index (χ1v) is 40.8. The summed E-state index contributed by atoms with van der Waals surface area (Å²) in [5, 5.41) is 10.6. The Morgan fingerprint density at radius 3 is 0.772 bits per heavy atom. The monoisotopic (exact) mass is 1350 g/mol. The van der Waals surface area contributed by atoms with Gasteiger partial charge in [0.05, 0.1) is 26.4 Å². The lowest BCUT2D eigenvalue weighted by molar-refractivity contribution is -0.161. The zero-order valence-corrected chi connectivity index (χ0v) is 62.0. The number of carbonyl (C=O) groups excluding carboxylic acids is 4. The van der Waals surface area contributed by atoms with E-state index in [1.165, 1.54) is 161 Å².